The Balaban J connectivity index is 1.54. The molecule has 0 N–H and O–H groups in total. The number of imide groups is 1. The third-order valence-electron chi connectivity index (χ3n) is 7.61. The number of benzene rings is 2. The van der Waals surface area contributed by atoms with Crippen molar-refractivity contribution in [2.45, 2.75) is 131 Å². The van der Waals surface area contributed by atoms with Crippen LogP contribution in [-0.2, 0) is 47.5 Å². The zero-order valence-electron chi connectivity index (χ0n) is 34.3. The van der Waals surface area contributed by atoms with Crippen LogP contribution in [0.5, 0.6) is 5.75 Å². The lowest BCUT2D eigenvalue weighted by molar-refractivity contribution is -0.118. The van der Waals surface area contributed by atoms with Gasteiger partial charge in [0.15, 0.2) is 0 Å². The number of nitrogens with zero attached hydrogens (tertiary/aromatic N) is 2. The number of hydrogen-bond donors (Lipinski definition) is 0. The van der Waals surface area contributed by atoms with E-state index >= 15 is 0 Å². The molecule has 0 aromatic heterocycles. The first-order valence-corrected chi connectivity index (χ1v) is 21.4. The fourth-order valence-corrected chi connectivity index (χ4v) is 9.53. The number of amides is 3. The summed E-state index contributed by atoms with van der Waals surface area (Å²) in [5.41, 5.74) is -1.48. The van der Waals surface area contributed by atoms with Crippen LogP contribution in [0.3, 0.4) is 0 Å². The van der Waals surface area contributed by atoms with E-state index in [0.717, 1.165) is 5.56 Å². The summed E-state index contributed by atoms with van der Waals surface area (Å²) in [7, 11) is -8.40. The average molecular weight is 809 g/mol. The fraction of sp³-hybridized carbons (Fsp3) is 0.615. The third kappa shape index (κ3) is 13.1. The monoisotopic (exact) mass is 808 g/mol. The average Bonchev–Trinajstić information content (AvgIpc) is 3.54. The maximum absolute atomic E-state index is 14.0. The van der Waals surface area contributed by atoms with Gasteiger partial charge in [-0.05, 0) is 120 Å². The van der Waals surface area contributed by atoms with E-state index in [9.17, 15) is 23.5 Å². The number of fused-ring (bicyclic) bond motifs is 2. The molecule has 0 atom stereocenters. The highest BCUT2D eigenvalue weighted by atomic mass is 31.2. The Morgan fingerprint density at radius 3 is 1.58 bits per heavy atom. The van der Waals surface area contributed by atoms with Crippen LogP contribution in [0.15, 0.2) is 42.5 Å². The minimum absolute atomic E-state index is 0.107. The van der Waals surface area contributed by atoms with Crippen molar-refractivity contribution in [3.63, 3.8) is 0 Å². The summed E-state index contributed by atoms with van der Waals surface area (Å²) in [6.07, 6.45) is -0.182. The van der Waals surface area contributed by atoms with Crippen molar-refractivity contribution < 1.29 is 55.4 Å². The molecule has 14 nitrogen and oxygen atoms in total. The van der Waals surface area contributed by atoms with E-state index in [1.807, 2.05) is 6.07 Å². The molecule has 0 saturated carbocycles. The molecule has 2 aliphatic rings. The van der Waals surface area contributed by atoms with Gasteiger partial charge in [0, 0.05) is 25.1 Å². The molecular formula is C39H58N2O12P2. The topological polar surface area (TPSA) is 156 Å². The molecule has 4 rings (SSSR count). The predicted octanol–water partition coefficient (Wildman–Crippen LogP) is 8.91. The smallest absolute Gasteiger partial charge is 0.475 e. The number of phosphoric ester groups is 2. The van der Waals surface area contributed by atoms with Crippen LogP contribution in [0.4, 0.5) is 5.69 Å². The van der Waals surface area contributed by atoms with Crippen LogP contribution >= 0.6 is 15.6 Å². The van der Waals surface area contributed by atoms with E-state index in [1.165, 1.54) is 4.90 Å². The summed E-state index contributed by atoms with van der Waals surface area (Å²) in [5.74, 6) is -0.486. The van der Waals surface area contributed by atoms with Crippen molar-refractivity contribution in [3.8, 4) is 5.75 Å². The van der Waals surface area contributed by atoms with Gasteiger partial charge >= 0.3 is 15.6 Å². The van der Waals surface area contributed by atoms with Gasteiger partial charge in [-0.2, -0.15) is 0 Å². The summed E-state index contributed by atoms with van der Waals surface area (Å²) in [5, 5.41) is 0. The number of phosphoric acid groups is 2. The number of carbonyl (C=O) groups is 3. The highest BCUT2D eigenvalue weighted by molar-refractivity contribution is 7.48. The molecule has 2 aliphatic heterocycles. The Morgan fingerprint density at radius 2 is 1.15 bits per heavy atom. The van der Waals surface area contributed by atoms with E-state index < -0.39 is 44.2 Å². The molecule has 0 spiro atoms. The molecule has 55 heavy (non-hydrogen) atoms. The summed E-state index contributed by atoms with van der Waals surface area (Å²) in [6, 6.07) is 12.0. The van der Waals surface area contributed by atoms with E-state index in [1.54, 1.807) is 124 Å². The molecule has 2 aromatic carbocycles. The highest BCUT2D eigenvalue weighted by Crippen LogP contribution is 2.57. The molecular weight excluding hydrogens is 750 g/mol. The number of anilines is 1. The summed E-state index contributed by atoms with van der Waals surface area (Å²) < 4.78 is 69.5. The van der Waals surface area contributed by atoms with Gasteiger partial charge in [-0.3, -0.25) is 46.4 Å². The molecule has 0 fully saturated rings. The summed E-state index contributed by atoms with van der Waals surface area (Å²) in [4.78, 5) is 41.9. The number of ether oxygens (including phenoxy) is 1. The Bertz CT molecular complexity index is 1690. The van der Waals surface area contributed by atoms with Gasteiger partial charge in [-0.15, -0.1) is 0 Å². The lowest BCUT2D eigenvalue weighted by Gasteiger charge is -2.33. The summed E-state index contributed by atoms with van der Waals surface area (Å²) in [6.45, 7) is 20.4. The second-order valence-electron chi connectivity index (χ2n) is 17.5. The Kier molecular flexibility index (Phi) is 13.8. The zero-order valence-corrected chi connectivity index (χ0v) is 36.0. The maximum atomic E-state index is 14.0. The number of hydrogen-bond acceptors (Lipinski definition) is 12. The molecule has 0 saturated heterocycles. The molecule has 2 aromatic rings. The molecule has 16 heteroatoms. The van der Waals surface area contributed by atoms with Gasteiger partial charge in [-0.25, -0.2) is 9.13 Å². The van der Waals surface area contributed by atoms with Crippen LogP contribution in [0, 0.1) is 0 Å². The highest BCUT2D eigenvalue weighted by Gasteiger charge is 2.41. The second kappa shape index (κ2) is 16.9. The van der Waals surface area contributed by atoms with Gasteiger partial charge in [-0.1, -0.05) is 18.2 Å². The quantitative estimate of drug-likeness (QED) is 0.117. The summed E-state index contributed by atoms with van der Waals surface area (Å²) >= 11 is 0. The molecule has 306 valence electrons. The molecule has 0 unspecified atom stereocenters. The predicted molar refractivity (Wildman–Crippen MR) is 208 cm³/mol. The van der Waals surface area contributed by atoms with Gasteiger partial charge in [0.05, 0.1) is 52.4 Å². The molecule has 0 aliphatic carbocycles. The van der Waals surface area contributed by atoms with E-state index in [0.29, 0.717) is 42.0 Å². The minimum Gasteiger partial charge on any atom is -0.485 e. The lowest BCUT2D eigenvalue weighted by Crippen LogP contribution is -2.33. The fourth-order valence-electron chi connectivity index (χ4n) is 5.87. The largest absolute Gasteiger partial charge is 0.485 e. The molecule has 2 heterocycles. The van der Waals surface area contributed by atoms with Crippen molar-refractivity contribution in [3.05, 3.63) is 59.2 Å². The van der Waals surface area contributed by atoms with Crippen LogP contribution < -0.4 is 9.64 Å². The Morgan fingerprint density at radius 1 is 0.691 bits per heavy atom. The van der Waals surface area contributed by atoms with Crippen LogP contribution in [-0.4, -0.2) is 77.4 Å². The van der Waals surface area contributed by atoms with Gasteiger partial charge in [0.25, 0.3) is 11.8 Å². The van der Waals surface area contributed by atoms with Crippen LogP contribution in [0.25, 0.3) is 0 Å². The van der Waals surface area contributed by atoms with Gasteiger partial charge in [0.2, 0.25) is 5.91 Å². The van der Waals surface area contributed by atoms with E-state index in [4.69, 9.17) is 31.9 Å². The van der Waals surface area contributed by atoms with Gasteiger partial charge < -0.3 is 9.64 Å². The van der Waals surface area contributed by atoms with Crippen molar-refractivity contribution in [1.29, 1.82) is 0 Å². The lowest BCUT2D eigenvalue weighted by atomic mass is 10.1. The first-order chi connectivity index (χ1) is 25.2. The molecule has 0 bridgehead atoms. The van der Waals surface area contributed by atoms with E-state index in [-0.39, 0.29) is 43.9 Å². The SMILES string of the molecule is CC(C)(C)OP(=O)(OCC(COP(=O)(OC(C)(C)C)OC(C)(C)C)Oc1cccc2c1CCN2C(=O)CCCN1C(=O)c2ccccc2C1=O)OC(C)(C)C. The van der Waals surface area contributed by atoms with Crippen LogP contribution in [0.2, 0.25) is 0 Å². The second-order valence-corrected chi connectivity index (χ2v) is 20.5. The third-order valence-corrected chi connectivity index (χ3v) is 11.6. The zero-order chi connectivity index (χ0) is 41.2. The van der Waals surface area contributed by atoms with Crippen molar-refractivity contribution in [1.82, 2.24) is 4.90 Å². The molecule has 3 amide bonds. The number of carbonyl (C=O) groups excluding carboxylic acids is 3. The van der Waals surface area contributed by atoms with Gasteiger partial charge in [0.1, 0.15) is 11.9 Å². The maximum Gasteiger partial charge on any atom is 0.475 e. The first kappa shape index (κ1) is 44.8. The van der Waals surface area contributed by atoms with Crippen LogP contribution in [0.1, 0.15) is 122 Å². The standard InChI is InChI=1S/C39H58N2O12P2/c1-36(2,3)50-54(45,51-37(4,5)6)47-25-27(26-48-55(46,52-38(7,8)9)53-39(10,11)12)49-32-20-15-19-31-30(32)22-24-40(31)33(42)21-16-23-41-34(43)28-17-13-14-18-29(28)35(41)44/h13-15,17-20,27H,16,21-26H2,1-12H3. The van der Waals surface area contributed by atoms with Crippen molar-refractivity contribution >= 4 is 39.1 Å². The minimum atomic E-state index is -4.20. The van der Waals surface area contributed by atoms with Crippen molar-refractivity contribution in [2.24, 2.45) is 0 Å². The van der Waals surface area contributed by atoms with Crippen molar-refractivity contribution in [2.75, 3.05) is 31.2 Å². The Labute approximate surface area is 325 Å². The normalized spacial score (nSPS) is 15.6. The first-order valence-electron chi connectivity index (χ1n) is 18.5. The Hall–Kier alpha value is -2.93. The van der Waals surface area contributed by atoms with E-state index in [2.05, 4.69) is 0 Å². The number of rotatable bonds is 16. The molecule has 0 radical (unpaired) electrons.